The van der Waals surface area contributed by atoms with E-state index in [0.29, 0.717) is 4.88 Å². The number of benzene rings is 1. The van der Waals surface area contributed by atoms with Gasteiger partial charge in [0.05, 0.1) is 8.66 Å². The predicted molar refractivity (Wildman–Crippen MR) is 91.5 cm³/mol. The second-order valence-electron chi connectivity index (χ2n) is 4.58. The van der Waals surface area contributed by atoms with Gasteiger partial charge in [-0.1, -0.05) is 18.2 Å². The van der Waals surface area contributed by atoms with E-state index in [0.717, 1.165) is 26.1 Å². The Morgan fingerprint density at radius 3 is 2.60 bits per heavy atom. The molecule has 0 aliphatic carbocycles. The first-order valence-electron chi connectivity index (χ1n) is 5.96. The molecule has 2 rings (SSSR count). The first-order chi connectivity index (χ1) is 9.47. The fourth-order valence-corrected chi connectivity index (χ4v) is 3.69. The fourth-order valence-electron chi connectivity index (χ4n) is 1.76. The molecular weight excluding hydrogens is 404 g/mol. The molecule has 6 heteroatoms. The quantitative estimate of drug-likeness (QED) is 0.788. The summed E-state index contributed by atoms with van der Waals surface area (Å²) in [6.07, 6.45) is 0. The molecule has 0 saturated heterocycles. The van der Waals surface area contributed by atoms with Crippen molar-refractivity contribution in [2.45, 2.75) is 6.54 Å². The van der Waals surface area contributed by atoms with Crippen molar-refractivity contribution < 1.29 is 4.79 Å². The van der Waals surface area contributed by atoms with Gasteiger partial charge in [-0.25, -0.2) is 0 Å². The second-order valence-corrected chi connectivity index (χ2v) is 7.81. The van der Waals surface area contributed by atoms with Crippen LogP contribution in [0.5, 0.6) is 0 Å². The van der Waals surface area contributed by atoms with E-state index in [9.17, 15) is 4.79 Å². The molecule has 0 aliphatic heterocycles. The first-order valence-corrected chi connectivity index (χ1v) is 8.36. The minimum Gasteiger partial charge on any atom is -0.321 e. The highest BCUT2D eigenvalue weighted by atomic mass is 79.9. The van der Waals surface area contributed by atoms with Crippen LogP contribution in [-0.4, -0.2) is 24.9 Å². The van der Waals surface area contributed by atoms with Gasteiger partial charge in [0.15, 0.2) is 0 Å². The normalized spacial score (nSPS) is 10.8. The van der Waals surface area contributed by atoms with Gasteiger partial charge < -0.3 is 10.2 Å². The van der Waals surface area contributed by atoms with Crippen LogP contribution in [0.25, 0.3) is 0 Å². The Kier molecular flexibility index (Phi) is 5.37. The van der Waals surface area contributed by atoms with Gasteiger partial charge in [-0.2, -0.15) is 0 Å². The van der Waals surface area contributed by atoms with E-state index in [4.69, 9.17) is 0 Å². The summed E-state index contributed by atoms with van der Waals surface area (Å²) in [7, 11) is 4.01. The summed E-state index contributed by atoms with van der Waals surface area (Å²) in [5.41, 5.74) is 1.95. The van der Waals surface area contributed by atoms with Gasteiger partial charge in [-0.3, -0.25) is 4.79 Å². The average molecular weight is 418 g/mol. The zero-order chi connectivity index (χ0) is 14.7. The topological polar surface area (TPSA) is 32.3 Å². The van der Waals surface area contributed by atoms with Crippen molar-refractivity contribution in [3.05, 3.63) is 49.0 Å². The summed E-state index contributed by atoms with van der Waals surface area (Å²) in [5, 5.41) is 2.98. The minimum atomic E-state index is -0.0902. The first kappa shape index (κ1) is 15.7. The van der Waals surface area contributed by atoms with Crippen molar-refractivity contribution >= 4 is 54.8 Å². The average Bonchev–Trinajstić information content (AvgIpc) is 2.71. The molecule has 1 N–H and O–H groups in total. The molecule has 0 radical (unpaired) electrons. The number of para-hydroxylation sites is 1. The maximum atomic E-state index is 12.3. The van der Waals surface area contributed by atoms with Gasteiger partial charge in [0.2, 0.25) is 0 Å². The number of thiophene rings is 1. The van der Waals surface area contributed by atoms with Crippen LogP contribution in [0.4, 0.5) is 5.69 Å². The standard InChI is InChI=1S/C14H14Br2N2OS/c1-18(2)8-9-5-3-4-6-11(9)17-14(19)12-7-10(15)13(16)20-12/h3-7H,8H2,1-2H3,(H,17,19). The van der Waals surface area contributed by atoms with Crippen LogP contribution >= 0.6 is 43.2 Å². The maximum absolute atomic E-state index is 12.3. The summed E-state index contributed by atoms with van der Waals surface area (Å²) < 4.78 is 1.82. The van der Waals surface area contributed by atoms with Gasteiger partial charge in [-0.05, 0) is 63.7 Å². The van der Waals surface area contributed by atoms with E-state index in [2.05, 4.69) is 42.1 Å². The molecule has 1 heterocycles. The van der Waals surface area contributed by atoms with Crippen LogP contribution in [0.15, 0.2) is 38.6 Å². The Morgan fingerprint density at radius 2 is 2.00 bits per heavy atom. The van der Waals surface area contributed by atoms with Gasteiger partial charge in [0.1, 0.15) is 0 Å². The number of hydrogen-bond acceptors (Lipinski definition) is 3. The lowest BCUT2D eigenvalue weighted by atomic mass is 10.1. The molecule has 0 atom stereocenters. The van der Waals surface area contributed by atoms with E-state index in [1.165, 1.54) is 11.3 Å². The lowest BCUT2D eigenvalue weighted by Gasteiger charge is -2.14. The number of nitrogens with zero attached hydrogens (tertiary/aromatic N) is 1. The van der Waals surface area contributed by atoms with E-state index < -0.39 is 0 Å². The number of carbonyl (C=O) groups excluding carboxylic acids is 1. The van der Waals surface area contributed by atoms with Crippen molar-refractivity contribution in [1.29, 1.82) is 0 Å². The van der Waals surface area contributed by atoms with E-state index in [1.54, 1.807) is 0 Å². The number of carbonyl (C=O) groups is 1. The highest BCUT2D eigenvalue weighted by molar-refractivity contribution is 9.13. The summed E-state index contributed by atoms with van der Waals surface area (Å²) >= 11 is 8.20. The fraction of sp³-hybridized carbons (Fsp3) is 0.214. The second kappa shape index (κ2) is 6.85. The Hall–Kier alpha value is -0.690. The van der Waals surface area contributed by atoms with Crippen LogP contribution < -0.4 is 5.32 Å². The third kappa shape index (κ3) is 3.91. The third-order valence-corrected chi connectivity index (χ3v) is 5.88. The van der Waals surface area contributed by atoms with Crippen molar-refractivity contribution in [2.24, 2.45) is 0 Å². The van der Waals surface area contributed by atoms with Gasteiger partial charge in [-0.15, -0.1) is 11.3 Å². The summed E-state index contributed by atoms with van der Waals surface area (Å²) in [5.74, 6) is -0.0902. The van der Waals surface area contributed by atoms with Crippen molar-refractivity contribution in [1.82, 2.24) is 4.90 Å². The molecule has 1 aromatic carbocycles. The van der Waals surface area contributed by atoms with Crippen molar-refractivity contribution in [2.75, 3.05) is 19.4 Å². The molecule has 1 amide bonds. The number of rotatable bonds is 4. The molecule has 1 aromatic heterocycles. The highest BCUT2D eigenvalue weighted by Crippen LogP contribution is 2.32. The minimum absolute atomic E-state index is 0.0902. The molecule has 20 heavy (non-hydrogen) atoms. The molecule has 3 nitrogen and oxygen atoms in total. The molecule has 0 spiro atoms. The largest absolute Gasteiger partial charge is 0.321 e. The predicted octanol–water partition coefficient (Wildman–Crippen LogP) is 4.59. The molecule has 0 saturated carbocycles. The Morgan fingerprint density at radius 1 is 1.30 bits per heavy atom. The number of halogens is 2. The van der Waals surface area contributed by atoms with E-state index >= 15 is 0 Å². The van der Waals surface area contributed by atoms with Crippen LogP contribution in [-0.2, 0) is 6.54 Å². The monoisotopic (exact) mass is 416 g/mol. The number of nitrogens with one attached hydrogen (secondary N) is 1. The van der Waals surface area contributed by atoms with E-state index in [-0.39, 0.29) is 5.91 Å². The van der Waals surface area contributed by atoms with Crippen molar-refractivity contribution in [3.8, 4) is 0 Å². The molecule has 0 fully saturated rings. The van der Waals surface area contributed by atoms with Crippen LogP contribution in [0, 0.1) is 0 Å². The molecule has 2 aromatic rings. The van der Waals surface area contributed by atoms with E-state index in [1.807, 2.05) is 44.4 Å². The molecule has 0 bridgehead atoms. The number of anilines is 1. The van der Waals surface area contributed by atoms with Crippen molar-refractivity contribution in [3.63, 3.8) is 0 Å². The molecule has 0 aliphatic rings. The zero-order valence-corrected chi connectivity index (χ0v) is 15.1. The van der Waals surface area contributed by atoms with Crippen LogP contribution in [0.2, 0.25) is 0 Å². The Balaban J connectivity index is 2.19. The van der Waals surface area contributed by atoms with Gasteiger partial charge in [0, 0.05) is 16.7 Å². The number of hydrogen-bond donors (Lipinski definition) is 1. The smallest absolute Gasteiger partial charge is 0.265 e. The highest BCUT2D eigenvalue weighted by Gasteiger charge is 2.13. The van der Waals surface area contributed by atoms with Crippen LogP contribution in [0.1, 0.15) is 15.2 Å². The summed E-state index contributed by atoms with van der Waals surface area (Å²) in [4.78, 5) is 15.0. The maximum Gasteiger partial charge on any atom is 0.265 e. The molecular formula is C14H14Br2N2OS. The molecule has 0 unspecified atom stereocenters. The Labute approximate surface area is 139 Å². The molecule has 106 valence electrons. The lowest BCUT2D eigenvalue weighted by molar-refractivity contribution is 0.103. The Bertz CT molecular complexity index is 606. The lowest BCUT2D eigenvalue weighted by Crippen LogP contribution is -2.15. The zero-order valence-electron chi connectivity index (χ0n) is 11.1. The van der Waals surface area contributed by atoms with Gasteiger partial charge in [0.25, 0.3) is 5.91 Å². The number of amides is 1. The third-order valence-electron chi connectivity index (χ3n) is 2.62. The summed E-state index contributed by atoms with van der Waals surface area (Å²) in [6.45, 7) is 0.786. The van der Waals surface area contributed by atoms with Gasteiger partial charge >= 0.3 is 0 Å². The SMILES string of the molecule is CN(C)Cc1ccccc1NC(=O)c1cc(Br)c(Br)s1. The van der Waals surface area contributed by atoms with Crippen LogP contribution in [0.3, 0.4) is 0 Å². The summed E-state index contributed by atoms with van der Waals surface area (Å²) in [6, 6.07) is 9.67.